The minimum absolute atomic E-state index is 0.385. The number of anilines is 2. The van der Waals surface area contributed by atoms with E-state index >= 15 is 0 Å². The van der Waals surface area contributed by atoms with E-state index in [9.17, 15) is 4.39 Å². The summed E-state index contributed by atoms with van der Waals surface area (Å²) in [4.78, 5) is 21.1. The molecule has 22 heavy (non-hydrogen) atoms. The molecule has 4 rings (SSSR count). The SMILES string of the molecule is Fc1cnc(N2CCC(N(c3ccncn3)C3CC3)C2)nc1. The van der Waals surface area contributed by atoms with E-state index in [1.807, 2.05) is 6.07 Å². The van der Waals surface area contributed by atoms with Gasteiger partial charge in [0.05, 0.1) is 12.4 Å². The largest absolute Gasteiger partial charge is 0.349 e. The van der Waals surface area contributed by atoms with E-state index in [2.05, 4.69) is 29.7 Å². The van der Waals surface area contributed by atoms with Crippen LogP contribution in [0.4, 0.5) is 16.2 Å². The van der Waals surface area contributed by atoms with Gasteiger partial charge < -0.3 is 9.80 Å². The highest BCUT2D eigenvalue weighted by atomic mass is 19.1. The fourth-order valence-corrected chi connectivity index (χ4v) is 3.08. The van der Waals surface area contributed by atoms with Crippen molar-refractivity contribution >= 4 is 11.8 Å². The molecule has 1 aliphatic carbocycles. The van der Waals surface area contributed by atoms with Gasteiger partial charge in [0, 0.05) is 31.4 Å². The van der Waals surface area contributed by atoms with Gasteiger partial charge >= 0.3 is 0 Å². The number of halogens is 1. The topological polar surface area (TPSA) is 58.0 Å². The van der Waals surface area contributed by atoms with Crippen molar-refractivity contribution in [2.24, 2.45) is 0 Å². The molecule has 3 heterocycles. The molecule has 0 aromatic carbocycles. The first-order valence-corrected chi connectivity index (χ1v) is 7.58. The van der Waals surface area contributed by atoms with Gasteiger partial charge in [-0.1, -0.05) is 0 Å². The van der Waals surface area contributed by atoms with Crippen LogP contribution >= 0.6 is 0 Å². The molecule has 1 atom stereocenters. The third kappa shape index (κ3) is 2.58. The molecule has 0 spiro atoms. The average Bonchev–Trinajstić information content (AvgIpc) is 3.26. The van der Waals surface area contributed by atoms with Crippen molar-refractivity contribution in [3.63, 3.8) is 0 Å². The number of nitrogens with zero attached hydrogens (tertiary/aromatic N) is 6. The Bertz CT molecular complexity index is 630. The third-order valence-electron chi connectivity index (χ3n) is 4.22. The van der Waals surface area contributed by atoms with Crippen LogP contribution in [-0.4, -0.2) is 45.1 Å². The molecular weight excluding hydrogens is 283 g/mol. The minimum Gasteiger partial charge on any atom is -0.349 e. The van der Waals surface area contributed by atoms with Gasteiger partial charge in [-0.15, -0.1) is 0 Å². The summed E-state index contributed by atoms with van der Waals surface area (Å²) in [5.74, 6) is 1.19. The molecule has 0 amide bonds. The summed E-state index contributed by atoms with van der Waals surface area (Å²) in [6, 6.07) is 2.93. The van der Waals surface area contributed by atoms with Gasteiger partial charge in [-0.05, 0) is 25.3 Å². The van der Waals surface area contributed by atoms with Gasteiger partial charge in [-0.3, -0.25) is 0 Å². The van der Waals surface area contributed by atoms with Crippen LogP contribution in [0.1, 0.15) is 19.3 Å². The fraction of sp³-hybridized carbons (Fsp3) is 0.467. The second-order valence-corrected chi connectivity index (χ2v) is 5.80. The number of rotatable bonds is 4. The van der Waals surface area contributed by atoms with E-state index < -0.39 is 5.82 Å². The predicted octanol–water partition coefficient (Wildman–Crippen LogP) is 1.65. The van der Waals surface area contributed by atoms with Gasteiger partial charge in [0.15, 0.2) is 5.82 Å². The van der Waals surface area contributed by atoms with Crippen LogP contribution in [-0.2, 0) is 0 Å². The fourth-order valence-electron chi connectivity index (χ4n) is 3.08. The van der Waals surface area contributed by atoms with Crippen LogP contribution in [0.25, 0.3) is 0 Å². The van der Waals surface area contributed by atoms with E-state index in [-0.39, 0.29) is 0 Å². The molecule has 0 radical (unpaired) electrons. The van der Waals surface area contributed by atoms with Crippen molar-refractivity contribution in [3.8, 4) is 0 Å². The van der Waals surface area contributed by atoms with Crippen LogP contribution in [0.3, 0.4) is 0 Å². The van der Waals surface area contributed by atoms with Gasteiger partial charge in [-0.25, -0.2) is 24.3 Å². The van der Waals surface area contributed by atoms with Crippen LogP contribution in [0.2, 0.25) is 0 Å². The van der Waals surface area contributed by atoms with Crippen LogP contribution in [0.15, 0.2) is 31.0 Å². The number of hydrogen-bond acceptors (Lipinski definition) is 6. The van der Waals surface area contributed by atoms with Crippen LogP contribution in [0, 0.1) is 5.82 Å². The molecule has 6 nitrogen and oxygen atoms in total. The molecule has 1 aliphatic heterocycles. The van der Waals surface area contributed by atoms with E-state index in [1.165, 1.54) is 25.2 Å². The first kappa shape index (κ1) is 13.4. The maximum Gasteiger partial charge on any atom is 0.225 e. The summed E-state index contributed by atoms with van der Waals surface area (Å²) in [5, 5.41) is 0. The number of hydrogen-bond donors (Lipinski definition) is 0. The van der Waals surface area contributed by atoms with E-state index in [0.29, 0.717) is 18.0 Å². The summed E-state index contributed by atoms with van der Waals surface area (Å²) >= 11 is 0. The Labute approximate surface area is 128 Å². The second-order valence-electron chi connectivity index (χ2n) is 5.80. The Hall–Kier alpha value is -2.31. The molecule has 0 N–H and O–H groups in total. The van der Waals surface area contributed by atoms with Crippen molar-refractivity contribution in [2.75, 3.05) is 22.9 Å². The van der Waals surface area contributed by atoms with E-state index in [4.69, 9.17) is 0 Å². The van der Waals surface area contributed by atoms with Crippen molar-refractivity contribution < 1.29 is 4.39 Å². The van der Waals surface area contributed by atoms with Gasteiger partial charge in [-0.2, -0.15) is 0 Å². The smallest absolute Gasteiger partial charge is 0.225 e. The van der Waals surface area contributed by atoms with Gasteiger partial charge in [0.25, 0.3) is 0 Å². The molecular formula is C15H17FN6. The predicted molar refractivity (Wildman–Crippen MR) is 80.1 cm³/mol. The molecule has 2 aromatic rings. The van der Waals surface area contributed by atoms with Crippen LogP contribution in [0.5, 0.6) is 0 Å². The van der Waals surface area contributed by atoms with Crippen molar-refractivity contribution in [1.29, 1.82) is 0 Å². The summed E-state index contributed by atoms with van der Waals surface area (Å²) in [7, 11) is 0. The Morgan fingerprint density at radius 1 is 1.09 bits per heavy atom. The lowest BCUT2D eigenvalue weighted by Crippen LogP contribution is -2.40. The third-order valence-corrected chi connectivity index (χ3v) is 4.22. The zero-order chi connectivity index (χ0) is 14.9. The van der Waals surface area contributed by atoms with Gasteiger partial charge in [0.1, 0.15) is 12.1 Å². The monoisotopic (exact) mass is 300 g/mol. The van der Waals surface area contributed by atoms with E-state index in [0.717, 1.165) is 25.3 Å². The Balaban J connectivity index is 1.52. The lowest BCUT2D eigenvalue weighted by molar-refractivity contribution is 0.610. The van der Waals surface area contributed by atoms with Crippen molar-refractivity contribution in [2.45, 2.75) is 31.3 Å². The summed E-state index contributed by atoms with van der Waals surface area (Å²) in [6.07, 6.45) is 9.29. The van der Waals surface area contributed by atoms with Crippen molar-refractivity contribution in [3.05, 3.63) is 36.8 Å². The Morgan fingerprint density at radius 2 is 1.91 bits per heavy atom. The normalized spacial score (nSPS) is 21.1. The summed E-state index contributed by atoms with van der Waals surface area (Å²) in [6.45, 7) is 1.72. The quantitative estimate of drug-likeness (QED) is 0.856. The highest BCUT2D eigenvalue weighted by Crippen LogP contribution is 2.35. The molecule has 114 valence electrons. The zero-order valence-electron chi connectivity index (χ0n) is 12.1. The Morgan fingerprint density at radius 3 is 2.59 bits per heavy atom. The summed E-state index contributed by atoms with van der Waals surface area (Å²) in [5.41, 5.74) is 0. The van der Waals surface area contributed by atoms with Crippen LogP contribution < -0.4 is 9.80 Å². The molecule has 1 unspecified atom stereocenters. The highest BCUT2D eigenvalue weighted by molar-refractivity contribution is 5.44. The Kier molecular flexibility index (Phi) is 3.32. The first-order valence-electron chi connectivity index (χ1n) is 7.58. The van der Waals surface area contributed by atoms with Gasteiger partial charge in [0.2, 0.25) is 5.95 Å². The molecule has 7 heteroatoms. The first-order chi connectivity index (χ1) is 10.8. The molecule has 2 aromatic heterocycles. The molecule has 2 fully saturated rings. The molecule has 0 bridgehead atoms. The van der Waals surface area contributed by atoms with Crippen molar-refractivity contribution in [1.82, 2.24) is 19.9 Å². The van der Waals surface area contributed by atoms with E-state index in [1.54, 1.807) is 12.5 Å². The lowest BCUT2D eigenvalue weighted by Gasteiger charge is -2.30. The summed E-state index contributed by atoms with van der Waals surface area (Å²) < 4.78 is 12.9. The highest BCUT2D eigenvalue weighted by Gasteiger charge is 2.38. The standard InChI is InChI=1S/C15H17FN6/c16-11-7-18-15(19-8-11)21-6-4-13(9-21)22(12-1-2-12)14-3-5-17-10-20-14/h3,5,7-8,10,12-13H,1-2,4,6,9H2. The maximum atomic E-state index is 12.9. The second kappa shape index (κ2) is 5.47. The number of aromatic nitrogens is 4. The molecule has 1 saturated heterocycles. The maximum absolute atomic E-state index is 12.9. The lowest BCUT2D eigenvalue weighted by atomic mass is 10.2. The molecule has 1 saturated carbocycles. The zero-order valence-corrected chi connectivity index (χ0v) is 12.1. The molecule has 2 aliphatic rings. The average molecular weight is 300 g/mol. The minimum atomic E-state index is -0.403.